The Balaban J connectivity index is 1.22. The van der Waals surface area contributed by atoms with Crippen LogP contribution in [0, 0.1) is 0 Å². The molecule has 0 unspecified atom stereocenters. The predicted octanol–water partition coefficient (Wildman–Crippen LogP) is 3.14. The molecule has 2 heterocycles. The third kappa shape index (κ3) is 4.29. The topological polar surface area (TPSA) is 58.8 Å². The molecule has 1 aliphatic carbocycles. The molecule has 1 saturated heterocycles. The zero-order valence-corrected chi connectivity index (χ0v) is 17.2. The minimum absolute atomic E-state index is 0.219. The van der Waals surface area contributed by atoms with Gasteiger partial charge in [0, 0.05) is 49.6 Å². The average molecular weight is 402 g/mol. The molecule has 2 aliphatic rings. The molecule has 6 nitrogen and oxygen atoms in total. The summed E-state index contributed by atoms with van der Waals surface area (Å²) in [5, 5.41) is 4.23. The number of rotatable bonds is 6. The molecule has 0 radical (unpaired) electrons. The van der Waals surface area contributed by atoms with Crippen molar-refractivity contribution in [3.05, 3.63) is 41.3 Å². The summed E-state index contributed by atoms with van der Waals surface area (Å²) in [5.74, 6) is 3.41. The minimum atomic E-state index is 0.219. The summed E-state index contributed by atoms with van der Waals surface area (Å²) in [6.45, 7) is 3.26. The molecule has 1 aromatic carbocycles. The van der Waals surface area contributed by atoms with E-state index in [9.17, 15) is 4.79 Å². The van der Waals surface area contributed by atoms with E-state index >= 15 is 0 Å². The van der Waals surface area contributed by atoms with Gasteiger partial charge >= 0.3 is 0 Å². The van der Waals surface area contributed by atoms with Crippen molar-refractivity contribution in [2.24, 2.45) is 0 Å². The van der Waals surface area contributed by atoms with Gasteiger partial charge < -0.3 is 19.1 Å². The molecular formula is C21H27N3O3S. The second kappa shape index (κ2) is 8.90. The molecule has 0 bridgehead atoms. The first-order valence-electron chi connectivity index (χ1n) is 9.95. The highest BCUT2D eigenvalue weighted by atomic mass is 32.2. The monoisotopic (exact) mass is 401 g/mol. The Morgan fingerprint density at radius 2 is 1.89 bits per heavy atom. The third-order valence-electron chi connectivity index (χ3n) is 5.57. The predicted molar refractivity (Wildman–Crippen MR) is 111 cm³/mol. The zero-order chi connectivity index (χ0) is 19.3. The van der Waals surface area contributed by atoms with E-state index in [1.807, 2.05) is 17.0 Å². The molecule has 0 atom stereocenters. The SMILES string of the molecule is COc1ccc(N2CCN(C(=O)CSCc3noc4c3CCCC4)CC2)cc1. The number of fused-ring (bicyclic) bond motifs is 1. The number of aromatic nitrogens is 1. The zero-order valence-electron chi connectivity index (χ0n) is 16.4. The number of ether oxygens (including phenoxy) is 1. The second-order valence-electron chi connectivity index (χ2n) is 7.30. The summed E-state index contributed by atoms with van der Waals surface area (Å²) in [4.78, 5) is 16.9. The number of anilines is 1. The molecule has 150 valence electrons. The number of piperazine rings is 1. The number of amides is 1. The fourth-order valence-corrected chi connectivity index (χ4v) is 4.78. The van der Waals surface area contributed by atoms with Gasteiger partial charge in [-0.1, -0.05) is 5.16 Å². The molecule has 0 saturated carbocycles. The van der Waals surface area contributed by atoms with Gasteiger partial charge in [0.05, 0.1) is 18.6 Å². The first kappa shape index (κ1) is 19.2. The van der Waals surface area contributed by atoms with Gasteiger partial charge in [-0.2, -0.15) is 0 Å². The van der Waals surface area contributed by atoms with Crippen LogP contribution in [0.4, 0.5) is 5.69 Å². The molecule has 1 aromatic heterocycles. The van der Waals surface area contributed by atoms with E-state index < -0.39 is 0 Å². The van der Waals surface area contributed by atoms with Crippen LogP contribution in [-0.4, -0.2) is 55.0 Å². The summed E-state index contributed by atoms with van der Waals surface area (Å²) < 4.78 is 10.7. The highest BCUT2D eigenvalue weighted by molar-refractivity contribution is 7.99. The van der Waals surface area contributed by atoms with E-state index in [1.54, 1.807) is 18.9 Å². The smallest absolute Gasteiger partial charge is 0.232 e. The van der Waals surface area contributed by atoms with Crippen molar-refractivity contribution in [3.8, 4) is 5.75 Å². The molecule has 28 heavy (non-hydrogen) atoms. The van der Waals surface area contributed by atoms with Gasteiger partial charge in [-0.25, -0.2) is 0 Å². The van der Waals surface area contributed by atoms with Crippen LogP contribution in [0.25, 0.3) is 0 Å². The van der Waals surface area contributed by atoms with E-state index in [2.05, 4.69) is 22.2 Å². The van der Waals surface area contributed by atoms with Crippen LogP contribution in [0.2, 0.25) is 0 Å². The molecule has 4 rings (SSSR count). The third-order valence-corrected chi connectivity index (χ3v) is 6.49. The van der Waals surface area contributed by atoms with Gasteiger partial charge in [-0.05, 0) is 43.5 Å². The van der Waals surface area contributed by atoms with Gasteiger partial charge in [0.2, 0.25) is 5.91 Å². The van der Waals surface area contributed by atoms with Crippen LogP contribution in [0.5, 0.6) is 5.75 Å². The number of aryl methyl sites for hydroxylation is 1. The van der Waals surface area contributed by atoms with Crippen molar-refractivity contribution >= 4 is 23.4 Å². The van der Waals surface area contributed by atoms with Crippen LogP contribution in [0.3, 0.4) is 0 Å². The van der Waals surface area contributed by atoms with Gasteiger partial charge in [-0.15, -0.1) is 11.8 Å². The highest BCUT2D eigenvalue weighted by Crippen LogP contribution is 2.27. The van der Waals surface area contributed by atoms with Gasteiger partial charge in [-0.3, -0.25) is 4.79 Å². The van der Waals surface area contributed by atoms with E-state index in [-0.39, 0.29) is 5.91 Å². The normalized spacial score (nSPS) is 16.8. The first-order chi connectivity index (χ1) is 13.7. The fraction of sp³-hybridized carbons (Fsp3) is 0.524. The number of thioether (sulfide) groups is 1. The van der Waals surface area contributed by atoms with E-state index in [0.29, 0.717) is 5.75 Å². The lowest BCUT2D eigenvalue weighted by atomic mass is 9.97. The largest absolute Gasteiger partial charge is 0.497 e. The minimum Gasteiger partial charge on any atom is -0.497 e. The molecular weight excluding hydrogens is 374 g/mol. The number of carbonyl (C=O) groups excluding carboxylic acids is 1. The van der Waals surface area contributed by atoms with Crippen LogP contribution < -0.4 is 9.64 Å². The molecule has 0 N–H and O–H groups in total. The maximum Gasteiger partial charge on any atom is 0.232 e. The number of benzene rings is 1. The Morgan fingerprint density at radius 3 is 2.64 bits per heavy atom. The Morgan fingerprint density at radius 1 is 1.14 bits per heavy atom. The average Bonchev–Trinajstić information content (AvgIpc) is 3.17. The Kier molecular flexibility index (Phi) is 6.10. The molecule has 1 fully saturated rings. The molecule has 0 spiro atoms. The molecule has 2 aromatic rings. The standard InChI is InChI=1S/C21H27N3O3S/c1-26-17-8-6-16(7-9-17)23-10-12-24(13-11-23)21(25)15-28-14-19-18-4-2-3-5-20(18)27-22-19/h6-9H,2-5,10-15H2,1H3. The van der Waals surface area contributed by atoms with E-state index in [1.165, 1.54) is 24.1 Å². The first-order valence-corrected chi connectivity index (χ1v) is 11.1. The van der Waals surface area contributed by atoms with Gasteiger partial charge in [0.1, 0.15) is 11.5 Å². The highest BCUT2D eigenvalue weighted by Gasteiger charge is 2.22. The number of hydrogen-bond acceptors (Lipinski definition) is 6. The lowest BCUT2D eigenvalue weighted by Crippen LogP contribution is -2.49. The second-order valence-corrected chi connectivity index (χ2v) is 8.28. The van der Waals surface area contributed by atoms with Crippen molar-refractivity contribution in [1.82, 2.24) is 10.1 Å². The lowest BCUT2D eigenvalue weighted by Gasteiger charge is -2.36. The van der Waals surface area contributed by atoms with Crippen molar-refractivity contribution in [1.29, 1.82) is 0 Å². The number of methoxy groups -OCH3 is 1. The van der Waals surface area contributed by atoms with Crippen molar-refractivity contribution in [2.75, 3.05) is 43.9 Å². The van der Waals surface area contributed by atoms with Crippen LogP contribution in [0.15, 0.2) is 28.8 Å². The summed E-state index contributed by atoms with van der Waals surface area (Å²) >= 11 is 1.65. The van der Waals surface area contributed by atoms with Crippen LogP contribution >= 0.6 is 11.8 Å². The molecule has 7 heteroatoms. The number of nitrogens with zero attached hydrogens (tertiary/aromatic N) is 3. The van der Waals surface area contributed by atoms with Crippen LogP contribution in [-0.2, 0) is 23.4 Å². The fourth-order valence-electron chi connectivity index (χ4n) is 3.90. The Labute approximate surface area is 170 Å². The quantitative estimate of drug-likeness (QED) is 0.741. The van der Waals surface area contributed by atoms with Crippen molar-refractivity contribution in [2.45, 2.75) is 31.4 Å². The summed E-state index contributed by atoms with van der Waals surface area (Å²) in [6, 6.07) is 8.10. The van der Waals surface area contributed by atoms with Gasteiger partial charge in [0.25, 0.3) is 0 Å². The number of carbonyl (C=O) groups is 1. The summed E-state index contributed by atoms with van der Waals surface area (Å²) in [7, 11) is 1.68. The summed E-state index contributed by atoms with van der Waals surface area (Å²) in [5.41, 5.74) is 3.51. The van der Waals surface area contributed by atoms with Gasteiger partial charge in [0.15, 0.2) is 0 Å². The molecule has 1 amide bonds. The van der Waals surface area contributed by atoms with Crippen molar-refractivity contribution in [3.63, 3.8) is 0 Å². The maximum atomic E-state index is 12.6. The Hall–Kier alpha value is -2.15. The van der Waals surface area contributed by atoms with Crippen molar-refractivity contribution < 1.29 is 14.1 Å². The maximum absolute atomic E-state index is 12.6. The molecule has 1 aliphatic heterocycles. The van der Waals surface area contributed by atoms with Crippen LogP contribution in [0.1, 0.15) is 29.9 Å². The lowest BCUT2D eigenvalue weighted by molar-refractivity contribution is -0.128. The van der Waals surface area contributed by atoms with E-state index in [4.69, 9.17) is 9.26 Å². The summed E-state index contributed by atoms with van der Waals surface area (Å²) in [6.07, 6.45) is 4.47. The number of hydrogen-bond donors (Lipinski definition) is 0. The van der Waals surface area contributed by atoms with E-state index in [0.717, 1.165) is 62.0 Å². The Bertz CT molecular complexity index is 798.